The van der Waals surface area contributed by atoms with Crippen molar-refractivity contribution in [2.24, 2.45) is 0 Å². The smallest absolute Gasteiger partial charge is 0.328 e. The van der Waals surface area contributed by atoms with Crippen LogP contribution >= 0.6 is 0 Å². The minimum Gasteiger partial charge on any atom is -0.491 e. The number of carboxylic acid groups (broad SMARTS) is 1. The second-order valence-corrected chi connectivity index (χ2v) is 8.54. The van der Waals surface area contributed by atoms with E-state index in [2.05, 4.69) is 30.0 Å². The predicted molar refractivity (Wildman–Crippen MR) is 135 cm³/mol. The molecule has 2 aromatic rings. The molecule has 1 fully saturated rings. The van der Waals surface area contributed by atoms with Gasteiger partial charge >= 0.3 is 5.97 Å². The third-order valence-electron chi connectivity index (χ3n) is 5.96. The number of benzene rings is 2. The molecule has 1 aliphatic heterocycles. The number of hydrogen-bond donors (Lipinski definition) is 1. The highest BCUT2D eigenvalue weighted by Crippen LogP contribution is 2.31. The van der Waals surface area contributed by atoms with E-state index in [9.17, 15) is 9.90 Å². The Morgan fingerprint density at radius 1 is 0.939 bits per heavy atom. The highest BCUT2D eigenvalue weighted by atomic mass is 16.5. The van der Waals surface area contributed by atoms with E-state index in [0.717, 1.165) is 60.7 Å². The zero-order valence-corrected chi connectivity index (χ0v) is 19.8. The number of nitrogens with zero attached hydrogens (tertiary/aromatic N) is 1. The van der Waals surface area contributed by atoms with Crippen LogP contribution in [0.5, 0.6) is 5.75 Å². The van der Waals surface area contributed by atoms with E-state index in [0.29, 0.717) is 13.2 Å². The standard InChI is InChI=1S/C28H37NO4/c1-2-3-19-32-20-21-33-26-13-9-23(10-14-26)24-11-15-27(25(22-24)12-16-28(30)31)29-17-7-5-4-6-8-18-29/h9-16,22H,2-8,17-21H2,1H3,(H,30,31)/b16-12+. The molecule has 1 heterocycles. The molecule has 0 bridgehead atoms. The Kier molecular flexibility index (Phi) is 10.3. The summed E-state index contributed by atoms with van der Waals surface area (Å²) in [5.41, 5.74) is 4.19. The van der Waals surface area contributed by atoms with Crippen LogP contribution in [0.2, 0.25) is 0 Å². The maximum absolute atomic E-state index is 11.2. The first-order valence-corrected chi connectivity index (χ1v) is 12.3. The van der Waals surface area contributed by atoms with E-state index in [-0.39, 0.29) is 0 Å². The lowest BCUT2D eigenvalue weighted by molar-refractivity contribution is -0.131. The van der Waals surface area contributed by atoms with Crippen LogP contribution in [-0.2, 0) is 9.53 Å². The van der Waals surface area contributed by atoms with Crippen molar-refractivity contribution in [2.75, 3.05) is 37.8 Å². The number of hydrogen-bond acceptors (Lipinski definition) is 4. The first kappa shape index (κ1) is 24.8. The molecular weight excluding hydrogens is 414 g/mol. The maximum atomic E-state index is 11.2. The first-order chi connectivity index (χ1) is 16.2. The second kappa shape index (κ2) is 13.7. The molecule has 1 N–H and O–H groups in total. The number of rotatable bonds is 11. The molecule has 5 heteroatoms. The summed E-state index contributed by atoms with van der Waals surface area (Å²) < 4.78 is 11.3. The van der Waals surface area contributed by atoms with Gasteiger partial charge < -0.3 is 19.5 Å². The predicted octanol–water partition coefficient (Wildman–Crippen LogP) is 6.42. The van der Waals surface area contributed by atoms with Gasteiger partial charge in [0.05, 0.1) is 6.61 Å². The molecule has 2 aromatic carbocycles. The van der Waals surface area contributed by atoms with Crippen molar-refractivity contribution in [2.45, 2.75) is 51.9 Å². The van der Waals surface area contributed by atoms with Crippen LogP contribution in [-0.4, -0.2) is 44.0 Å². The summed E-state index contributed by atoms with van der Waals surface area (Å²) >= 11 is 0. The number of aliphatic carboxylic acids is 1. The van der Waals surface area contributed by atoms with Crippen molar-refractivity contribution in [3.8, 4) is 16.9 Å². The lowest BCUT2D eigenvalue weighted by Gasteiger charge is -2.28. The zero-order valence-electron chi connectivity index (χ0n) is 19.8. The molecule has 0 radical (unpaired) electrons. The van der Waals surface area contributed by atoms with Gasteiger partial charge in [0.2, 0.25) is 0 Å². The molecular formula is C28H37NO4. The van der Waals surface area contributed by atoms with Crippen LogP contribution in [0.4, 0.5) is 5.69 Å². The molecule has 0 aromatic heterocycles. The third kappa shape index (κ3) is 8.25. The highest BCUT2D eigenvalue weighted by Gasteiger charge is 2.13. The van der Waals surface area contributed by atoms with Crippen molar-refractivity contribution >= 4 is 17.7 Å². The van der Waals surface area contributed by atoms with Gasteiger partial charge in [-0.1, -0.05) is 50.8 Å². The number of carbonyl (C=O) groups is 1. The summed E-state index contributed by atoms with van der Waals surface area (Å²) in [4.78, 5) is 13.6. The fourth-order valence-electron chi connectivity index (χ4n) is 4.12. The monoisotopic (exact) mass is 451 g/mol. The lowest BCUT2D eigenvalue weighted by atomic mass is 9.99. The van der Waals surface area contributed by atoms with Crippen molar-refractivity contribution in [1.29, 1.82) is 0 Å². The molecule has 0 amide bonds. The van der Waals surface area contributed by atoms with E-state index < -0.39 is 5.97 Å². The number of anilines is 1. The first-order valence-electron chi connectivity index (χ1n) is 12.3. The Hall–Kier alpha value is -2.79. The van der Waals surface area contributed by atoms with E-state index in [1.165, 1.54) is 38.2 Å². The molecule has 5 nitrogen and oxygen atoms in total. The van der Waals surface area contributed by atoms with Crippen LogP contribution < -0.4 is 9.64 Å². The highest BCUT2D eigenvalue weighted by molar-refractivity contribution is 5.88. The quantitative estimate of drug-likeness (QED) is 0.316. The van der Waals surface area contributed by atoms with Crippen molar-refractivity contribution < 1.29 is 19.4 Å². The van der Waals surface area contributed by atoms with Gasteiger partial charge in [0.1, 0.15) is 12.4 Å². The Labute approximate surface area is 198 Å². The summed E-state index contributed by atoms with van der Waals surface area (Å²) in [7, 11) is 0. The Bertz CT molecular complexity index is 883. The molecule has 0 atom stereocenters. The SMILES string of the molecule is CCCCOCCOc1ccc(-c2ccc(N3CCCCCCC3)c(/C=C/C(=O)O)c2)cc1. The topological polar surface area (TPSA) is 59.0 Å². The van der Waals surface area contributed by atoms with Gasteiger partial charge in [0.15, 0.2) is 0 Å². The fourth-order valence-corrected chi connectivity index (χ4v) is 4.12. The molecule has 0 spiro atoms. The largest absolute Gasteiger partial charge is 0.491 e. The molecule has 0 aliphatic carbocycles. The average Bonchev–Trinajstić information content (AvgIpc) is 2.80. The van der Waals surface area contributed by atoms with Crippen LogP contribution in [0.25, 0.3) is 17.2 Å². The van der Waals surface area contributed by atoms with Crippen LogP contribution in [0.15, 0.2) is 48.5 Å². The summed E-state index contributed by atoms with van der Waals surface area (Å²) in [6, 6.07) is 14.4. The van der Waals surface area contributed by atoms with Crippen LogP contribution in [0.3, 0.4) is 0 Å². The third-order valence-corrected chi connectivity index (χ3v) is 5.96. The van der Waals surface area contributed by atoms with Crippen molar-refractivity contribution in [1.82, 2.24) is 0 Å². The molecule has 0 saturated carbocycles. The van der Waals surface area contributed by atoms with E-state index in [1.54, 1.807) is 6.08 Å². The van der Waals surface area contributed by atoms with Gasteiger partial charge in [0, 0.05) is 31.5 Å². The molecule has 1 saturated heterocycles. The minimum absolute atomic E-state index is 0.539. The van der Waals surface area contributed by atoms with Crippen molar-refractivity contribution in [3.05, 3.63) is 54.1 Å². The number of carboxylic acids is 1. The molecule has 3 rings (SSSR count). The summed E-state index contributed by atoms with van der Waals surface area (Å²) in [5.74, 6) is -0.111. The number of unbranched alkanes of at least 4 members (excludes halogenated alkanes) is 1. The van der Waals surface area contributed by atoms with Crippen LogP contribution in [0, 0.1) is 0 Å². The van der Waals surface area contributed by atoms with Crippen molar-refractivity contribution in [3.63, 3.8) is 0 Å². The Balaban J connectivity index is 1.71. The molecule has 0 unspecified atom stereocenters. The average molecular weight is 452 g/mol. The molecule has 178 valence electrons. The van der Waals surface area contributed by atoms with E-state index >= 15 is 0 Å². The van der Waals surface area contributed by atoms with Gasteiger partial charge in [-0.2, -0.15) is 0 Å². The van der Waals surface area contributed by atoms with Gasteiger partial charge in [-0.15, -0.1) is 0 Å². The van der Waals surface area contributed by atoms with Gasteiger partial charge in [0.25, 0.3) is 0 Å². The van der Waals surface area contributed by atoms with Crippen LogP contribution in [0.1, 0.15) is 57.4 Å². The molecule has 1 aliphatic rings. The zero-order chi connectivity index (χ0) is 23.3. The second-order valence-electron chi connectivity index (χ2n) is 8.54. The van der Waals surface area contributed by atoms with E-state index in [1.807, 2.05) is 24.3 Å². The normalized spacial score (nSPS) is 14.8. The fraction of sp³-hybridized carbons (Fsp3) is 0.464. The maximum Gasteiger partial charge on any atom is 0.328 e. The summed E-state index contributed by atoms with van der Waals surface area (Å²) in [5, 5.41) is 9.18. The summed E-state index contributed by atoms with van der Waals surface area (Å²) in [6.45, 7) is 6.10. The Morgan fingerprint density at radius 2 is 1.64 bits per heavy atom. The molecule has 33 heavy (non-hydrogen) atoms. The van der Waals surface area contributed by atoms with Gasteiger partial charge in [-0.05, 0) is 66.3 Å². The number of ether oxygens (including phenoxy) is 2. The summed E-state index contributed by atoms with van der Waals surface area (Å²) in [6.07, 6.45) is 11.3. The van der Waals surface area contributed by atoms with Gasteiger partial charge in [-0.25, -0.2) is 4.79 Å². The van der Waals surface area contributed by atoms with E-state index in [4.69, 9.17) is 9.47 Å². The minimum atomic E-state index is -0.931. The lowest BCUT2D eigenvalue weighted by Crippen LogP contribution is -2.27. The van der Waals surface area contributed by atoms with Gasteiger partial charge in [-0.3, -0.25) is 0 Å². The Morgan fingerprint density at radius 3 is 2.33 bits per heavy atom.